The molecular formula is C42H57N3O6. The lowest BCUT2D eigenvalue weighted by Gasteiger charge is -2.16. The highest BCUT2D eigenvalue weighted by molar-refractivity contribution is 5.77. The molecule has 0 fully saturated rings. The molecule has 0 radical (unpaired) electrons. The zero-order valence-corrected chi connectivity index (χ0v) is 31.5. The van der Waals surface area contributed by atoms with Crippen LogP contribution in [0.4, 0.5) is 0 Å². The Morgan fingerprint density at radius 1 is 0.412 bits per heavy atom. The van der Waals surface area contributed by atoms with Crippen molar-refractivity contribution in [1.82, 2.24) is 15.0 Å². The molecule has 9 heteroatoms. The first-order chi connectivity index (χ1) is 24.7. The minimum Gasteiger partial charge on any atom is -0.507 e. The number of aromatic nitrogens is 3. The predicted octanol–water partition coefficient (Wildman–Crippen LogP) is 10.8. The summed E-state index contributed by atoms with van der Waals surface area (Å²) >= 11 is 0. The van der Waals surface area contributed by atoms with E-state index in [4.69, 9.17) is 29.2 Å². The first kappa shape index (κ1) is 39.3. The molecule has 0 aliphatic rings. The summed E-state index contributed by atoms with van der Waals surface area (Å²) in [4.78, 5) is 14.3. The number of nitrogens with zero attached hydrogens (tertiary/aromatic N) is 3. The highest BCUT2D eigenvalue weighted by atomic mass is 16.5. The highest BCUT2D eigenvalue weighted by Crippen LogP contribution is 2.41. The summed E-state index contributed by atoms with van der Waals surface area (Å²) in [7, 11) is 0. The van der Waals surface area contributed by atoms with Crippen LogP contribution in [0.15, 0.2) is 36.4 Å². The van der Waals surface area contributed by atoms with Gasteiger partial charge in [-0.25, -0.2) is 15.0 Å². The van der Waals surface area contributed by atoms with Crippen molar-refractivity contribution in [1.29, 1.82) is 0 Å². The van der Waals surface area contributed by atoms with Gasteiger partial charge in [0.25, 0.3) is 0 Å². The molecule has 0 saturated heterocycles. The van der Waals surface area contributed by atoms with Gasteiger partial charge in [-0.1, -0.05) is 78.6 Å². The molecule has 0 atom stereocenters. The molecule has 0 unspecified atom stereocenters. The quantitative estimate of drug-likeness (QED) is 0.0728. The normalized spacial score (nSPS) is 11.2. The van der Waals surface area contributed by atoms with E-state index in [-0.39, 0.29) is 34.7 Å². The van der Waals surface area contributed by atoms with Gasteiger partial charge in [-0.3, -0.25) is 0 Å². The van der Waals surface area contributed by atoms with Crippen molar-refractivity contribution in [2.75, 3.05) is 19.8 Å². The van der Waals surface area contributed by atoms with Gasteiger partial charge < -0.3 is 29.5 Å². The molecule has 3 N–H and O–H groups in total. The van der Waals surface area contributed by atoms with Gasteiger partial charge in [-0.05, 0) is 76.4 Å². The van der Waals surface area contributed by atoms with E-state index >= 15 is 0 Å². The number of ether oxygens (including phenoxy) is 3. The average molecular weight is 700 g/mol. The first-order valence-electron chi connectivity index (χ1n) is 18.8. The van der Waals surface area contributed by atoms with Crippen molar-refractivity contribution in [2.24, 2.45) is 0 Å². The smallest absolute Gasteiger partial charge is 0.167 e. The number of aromatic hydroxyl groups is 3. The average Bonchev–Trinajstić information content (AvgIpc) is 3.13. The van der Waals surface area contributed by atoms with E-state index in [9.17, 15) is 15.3 Å². The number of phenolic OH excluding ortho intramolecular Hbond substituents is 3. The van der Waals surface area contributed by atoms with Crippen LogP contribution >= 0.6 is 0 Å². The minimum absolute atomic E-state index is 0.0106. The molecule has 9 nitrogen and oxygen atoms in total. The van der Waals surface area contributed by atoms with Crippen molar-refractivity contribution in [2.45, 2.75) is 119 Å². The van der Waals surface area contributed by atoms with Gasteiger partial charge in [0, 0.05) is 16.7 Å². The summed E-state index contributed by atoms with van der Waals surface area (Å²) < 4.78 is 18.0. The molecule has 3 aromatic carbocycles. The Morgan fingerprint density at radius 3 is 0.941 bits per heavy atom. The maximum Gasteiger partial charge on any atom is 0.167 e. The van der Waals surface area contributed by atoms with Gasteiger partial charge in [-0.2, -0.15) is 0 Å². The van der Waals surface area contributed by atoms with Crippen LogP contribution in [-0.4, -0.2) is 50.1 Å². The zero-order chi connectivity index (χ0) is 36.8. The van der Waals surface area contributed by atoms with Gasteiger partial charge in [0.2, 0.25) is 0 Å². The summed E-state index contributed by atoms with van der Waals surface area (Å²) in [6.45, 7) is 13.6. The Balaban J connectivity index is 1.74. The summed E-state index contributed by atoms with van der Waals surface area (Å²) in [6.07, 6.45) is 13.0. The van der Waals surface area contributed by atoms with Crippen molar-refractivity contribution < 1.29 is 29.5 Å². The van der Waals surface area contributed by atoms with Crippen molar-refractivity contribution >= 4 is 0 Å². The molecule has 51 heavy (non-hydrogen) atoms. The summed E-state index contributed by atoms with van der Waals surface area (Å²) in [5, 5.41) is 34.3. The topological polar surface area (TPSA) is 127 Å². The summed E-state index contributed by atoms with van der Waals surface area (Å²) in [6, 6.07) is 10.6. The van der Waals surface area contributed by atoms with Crippen LogP contribution < -0.4 is 14.2 Å². The molecule has 0 saturated carbocycles. The van der Waals surface area contributed by atoms with E-state index in [0.29, 0.717) is 70.4 Å². The second-order valence-electron chi connectivity index (χ2n) is 13.3. The monoisotopic (exact) mass is 699 g/mol. The van der Waals surface area contributed by atoms with E-state index in [1.165, 1.54) is 0 Å². The second-order valence-corrected chi connectivity index (χ2v) is 13.3. The molecule has 4 rings (SSSR count). The largest absolute Gasteiger partial charge is 0.507 e. The standard InChI is InChI=1S/C42H57N3O6/c1-7-10-13-16-25-49-34-22-19-31(37(46)28(34)4)40-43-41(32-20-23-35(29(5)38(32)47)50-26-17-14-11-8-2)45-42(44-40)33-21-24-36(30(6)39(33)48)51-27-18-15-12-9-3/h19-24,46-48H,7-18,25-27H2,1-6H3. The molecule has 0 bridgehead atoms. The molecule has 0 spiro atoms. The number of unbranched alkanes of at least 4 members (excludes halogenated alkanes) is 9. The third kappa shape index (κ3) is 10.3. The Morgan fingerprint density at radius 2 is 0.686 bits per heavy atom. The SMILES string of the molecule is CCCCCCOc1ccc(-c2nc(-c3ccc(OCCCCCC)c(C)c3O)nc(-c3ccc(OCCCCCC)c(C)c3O)n2)c(O)c1C. The van der Waals surface area contributed by atoms with Gasteiger partial charge in [0.15, 0.2) is 17.5 Å². The number of rotatable bonds is 21. The van der Waals surface area contributed by atoms with E-state index in [2.05, 4.69) is 20.8 Å². The molecular weight excluding hydrogens is 642 g/mol. The van der Waals surface area contributed by atoms with Gasteiger partial charge in [0.05, 0.1) is 36.5 Å². The molecule has 0 aliphatic carbocycles. The number of hydrogen-bond donors (Lipinski definition) is 3. The Labute approximate surface area is 304 Å². The molecule has 1 heterocycles. The lowest BCUT2D eigenvalue weighted by atomic mass is 10.0. The number of phenols is 3. The van der Waals surface area contributed by atoms with Crippen LogP contribution in [0, 0.1) is 20.8 Å². The Kier molecular flexibility index (Phi) is 15.2. The number of benzene rings is 3. The maximum atomic E-state index is 11.4. The van der Waals surface area contributed by atoms with Crippen molar-refractivity contribution in [3.8, 4) is 68.7 Å². The predicted molar refractivity (Wildman–Crippen MR) is 204 cm³/mol. The van der Waals surface area contributed by atoms with Crippen molar-refractivity contribution in [3.05, 3.63) is 53.1 Å². The van der Waals surface area contributed by atoms with E-state index < -0.39 is 0 Å². The van der Waals surface area contributed by atoms with Crippen LogP contribution in [0.25, 0.3) is 34.2 Å². The Hall–Kier alpha value is -4.53. The fourth-order valence-corrected chi connectivity index (χ4v) is 5.93. The zero-order valence-electron chi connectivity index (χ0n) is 31.5. The van der Waals surface area contributed by atoms with Gasteiger partial charge in [0.1, 0.15) is 34.5 Å². The Bertz CT molecular complexity index is 1510. The molecule has 276 valence electrons. The van der Waals surface area contributed by atoms with Crippen LogP contribution in [0.5, 0.6) is 34.5 Å². The third-order valence-corrected chi connectivity index (χ3v) is 9.27. The van der Waals surface area contributed by atoms with E-state index in [0.717, 1.165) is 77.0 Å². The first-order valence-corrected chi connectivity index (χ1v) is 18.8. The fourth-order valence-electron chi connectivity index (χ4n) is 5.93. The summed E-state index contributed by atoms with van der Waals surface area (Å²) in [5.41, 5.74) is 2.85. The lowest BCUT2D eigenvalue weighted by Crippen LogP contribution is -2.04. The molecule has 1 aromatic heterocycles. The van der Waals surface area contributed by atoms with E-state index in [1.807, 2.05) is 18.2 Å². The highest BCUT2D eigenvalue weighted by Gasteiger charge is 2.22. The maximum absolute atomic E-state index is 11.4. The number of hydrogen-bond acceptors (Lipinski definition) is 9. The van der Waals surface area contributed by atoms with Crippen molar-refractivity contribution in [3.63, 3.8) is 0 Å². The van der Waals surface area contributed by atoms with Gasteiger partial charge >= 0.3 is 0 Å². The van der Waals surface area contributed by atoms with E-state index in [1.54, 1.807) is 39.0 Å². The molecule has 0 amide bonds. The van der Waals surface area contributed by atoms with Crippen LogP contribution in [0.1, 0.15) is 115 Å². The van der Waals surface area contributed by atoms with Crippen LogP contribution in [-0.2, 0) is 0 Å². The summed E-state index contributed by atoms with van der Waals surface area (Å²) in [5.74, 6) is 2.32. The second kappa shape index (κ2) is 19.8. The van der Waals surface area contributed by atoms with Gasteiger partial charge in [-0.15, -0.1) is 0 Å². The molecule has 4 aromatic rings. The fraction of sp³-hybridized carbons (Fsp3) is 0.500. The lowest BCUT2D eigenvalue weighted by molar-refractivity contribution is 0.301. The molecule has 0 aliphatic heterocycles. The van der Waals surface area contributed by atoms with Crippen LogP contribution in [0.2, 0.25) is 0 Å². The van der Waals surface area contributed by atoms with Crippen LogP contribution in [0.3, 0.4) is 0 Å². The third-order valence-electron chi connectivity index (χ3n) is 9.27. The minimum atomic E-state index is -0.0106.